The van der Waals surface area contributed by atoms with Gasteiger partial charge in [-0.05, 0) is 35.1 Å². The van der Waals surface area contributed by atoms with Gasteiger partial charge in [-0.3, -0.25) is 4.79 Å². The fourth-order valence-electron chi connectivity index (χ4n) is 4.03. The van der Waals surface area contributed by atoms with Gasteiger partial charge in [-0.1, -0.05) is 68.8 Å². The zero-order valence-electron chi connectivity index (χ0n) is 18.9. The molecule has 170 valence electrons. The molecule has 2 N–H and O–H groups in total. The fraction of sp³-hybridized carbons (Fsp3) is 0.400. The van der Waals surface area contributed by atoms with Gasteiger partial charge in [0.05, 0.1) is 0 Å². The summed E-state index contributed by atoms with van der Waals surface area (Å²) in [5, 5.41) is 11.9. The van der Waals surface area contributed by atoms with E-state index >= 15 is 0 Å². The van der Waals surface area contributed by atoms with Crippen molar-refractivity contribution in [3.8, 4) is 11.1 Å². The van der Waals surface area contributed by atoms with Crippen LogP contribution in [0.4, 0.5) is 4.79 Å². The van der Waals surface area contributed by atoms with Gasteiger partial charge in [-0.2, -0.15) is 0 Å². The summed E-state index contributed by atoms with van der Waals surface area (Å²) in [5.74, 6) is -1.83. The van der Waals surface area contributed by atoms with Crippen LogP contribution < -0.4 is 5.32 Å². The Morgan fingerprint density at radius 1 is 1.03 bits per heavy atom. The summed E-state index contributed by atoms with van der Waals surface area (Å²) < 4.78 is 5.57. The predicted octanol–water partition coefficient (Wildman–Crippen LogP) is 3.87. The Morgan fingerprint density at radius 3 is 2.06 bits per heavy atom. The normalized spacial score (nSPS) is 15.1. The summed E-state index contributed by atoms with van der Waals surface area (Å²) in [7, 11) is 1.43. The maximum Gasteiger partial charge on any atom is 0.407 e. The smallest absolute Gasteiger partial charge is 0.407 e. The number of nitrogens with zero attached hydrogens (tertiary/aromatic N) is 1. The van der Waals surface area contributed by atoms with Crippen molar-refractivity contribution in [1.29, 1.82) is 0 Å². The minimum atomic E-state index is -1.11. The van der Waals surface area contributed by atoms with E-state index in [1.807, 2.05) is 50.2 Å². The lowest BCUT2D eigenvalue weighted by Gasteiger charge is -2.30. The molecule has 2 amide bonds. The van der Waals surface area contributed by atoms with Gasteiger partial charge in [0.1, 0.15) is 18.7 Å². The van der Waals surface area contributed by atoms with E-state index in [0.717, 1.165) is 27.2 Å². The average molecular weight is 439 g/mol. The Balaban J connectivity index is 1.71. The molecule has 2 aromatic rings. The van der Waals surface area contributed by atoms with E-state index < -0.39 is 30.1 Å². The number of carbonyl (C=O) groups excluding carboxylic acids is 2. The quantitative estimate of drug-likeness (QED) is 0.652. The number of fused-ring (bicyclic) bond motifs is 3. The zero-order chi connectivity index (χ0) is 23.4. The molecular weight excluding hydrogens is 408 g/mol. The largest absolute Gasteiger partial charge is 0.480 e. The molecule has 0 radical (unpaired) electrons. The van der Waals surface area contributed by atoms with Gasteiger partial charge in [0.2, 0.25) is 5.91 Å². The summed E-state index contributed by atoms with van der Waals surface area (Å²) in [6.07, 6.45) is -0.0584. The van der Waals surface area contributed by atoms with Crippen molar-refractivity contribution in [2.45, 2.75) is 45.2 Å². The molecule has 1 aliphatic carbocycles. The summed E-state index contributed by atoms with van der Waals surface area (Å²) >= 11 is 0. The first-order valence-corrected chi connectivity index (χ1v) is 10.9. The highest BCUT2D eigenvalue weighted by molar-refractivity contribution is 5.89. The first kappa shape index (κ1) is 23.3. The number of hydrogen-bond donors (Lipinski definition) is 2. The van der Waals surface area contributed by atoms with E-state index in [2.05, 4.69) is 17.4 Å². The summed E-state index contributed by atoms with van der Waals surface area (Å²) in [6, 6.07) is 14.2. The molecule has 7 nitrogen and oxygen atoms in total. The van der Waals surface area contributed by atoms with Crippen LogP contribution in [-0.4, -0.2) is 53.7 Å². The molecule has 7 heteroatoms. The molecule has 32 heavy (non-hydrogen) atoms. The highest BCUT2D eigenvalue weighted by atomic mass is 16.5. The van der Waals surface area contributed by atoms with Crippen LogP contribution in [0.15, 0.2) is 48.5 Å². The SMILES string of the molecule is CC[C@H](C)[C@H](NC(=O)OCC1c2ccccc2-c2ccccc21)C(=O)N(C)C(C)C(=O)O. The molecule has 0 heterocycles. The molecule has 0 aliphatic heterocycles. The monoisotopic (exact) mass is 438 g/mol. The average Bonchev–Trinajstić information content (AvgIpc) is 3.13. The Kier molecular flexibility index (Phi) is 7.18. The van der Waals surface area contributed by atoms with Crippen LogP contribution in [0.2, 0.25) is 0 Å². The van der Waals surface area contributed by atoms with Crippen LogP contribution in [0.5, 0.6) is 0 Å². The van der Waals surface area contributed by atoms with Crippen LogP contribution in [-0.2, 0) is 14.3 Å². The van der Waals surface area contributed by atoms with Crippen LogP contribution in [0.3, 0.4) is 0 Å². The highest BCUT2D eigenvalue weighted by Crippen LogP contribution is 2.44. The first-order valence-electron chi connectivity index (χ1n) is 10.9. The topological polar surface area (TPSA) is 95.9 Å². The van der Waals surface area contributed by atoms with E-state index in [9.17, 15) is 19.5 Å². The number of hydrogen-bond acceptors (Lipinski definition) is 4. The molecule has 0 saturated heterocycles. The number of aliphatic carboxylic acids is 1. The van der Waals surface area contributed by atoms with Crippen molar-refractivity contribution in [2.75, 3.05) is 13.7 Å². The molecule has 0 fully saturated rings. The minimum Gasteiger partial charge on any atom is -0.480 e. The minimum absolute atomic E-state index is 0.0828. The molecule has 1 unspecified atom stereocenters. The van der Waals surface area contributed by atoms with Crippen molar-refractivity contribution >= 4 is 18.0 Å². The van der Waals surface area contributed by atoms with E-state index in [1.165, 1.54) is 14.0 Å². The van der Waals surface area contributed by atoms with Gasteiger partial charge >= 0.3 is 12.1 Å². The summed E-state index contributed by atoms with van der Waals surface area (Å²) in [4.78, 5) is 38.0. The van der Waals surface area contributed by atoms with Crippen LogP contribution in [0.25, 0.3) is 11.1 Å². The van der Waals surface area contributed by atoms with Crippen molar-refractivity contribution in [3.63, 3.8) is 0 Å². The third-order valence-electron chi connectivity index (χ3n) is 6.38. The number of alkyl carbamates (subject to hydrolysis) is 1. The van der Waals surface area contributed by atoms with Gasteiger partial charge in [0.25, 0.3) is 0 Å². The number of carboxylic acid groups (broad SMARTS) is 1. The third kappa shape index (κ3) is 4.61. The molecule has 0 spiro atoms. The van der Waals surface area contributed by atoms with Crippen LogP contribution in [0, 0.1) is 5.92 Å². The van der Waals surface area contributed by atoms with E-state index in [4.69, 9.17) is 4.74 Å². The number of ether oxygens (including phenoxy) is 1. The Morgan fingerprint density at radius 2 is 1.56 bits per heavy atom. The number of nitrogens with one attached hydrogen (secondary N) is 1. The van der Waals surface area contributed by atoms with Crippen LogP contribution in [0.1, 0.15) is 44.2 Å². The number of carboxylic acids is 1. The molecule has 0 bridgehead atoms. The van der Waals surface area contributed by atoms with Gasteiger partial charge in [0.15, 0.2) is 0 Å². The van der Waals surface area contributed by atoms with Crippen molar-refractivity contribution in [3.05, 3.63) is 59.7 Å². The van der Waals surface area contributed by atoms with E-state index in [1.54, 1.807) is 0 Å². The van der Waals surface area contributed by atoms with Crippen molar-refractivity contribution < 1.29 is 24.2 Å². The lowest BCUT2D eigenvalue weighted by molar-refractivity contribution is -0.149. The number of carbonyl (C=O) groups is 3. The van der Waals surface area contributed by atoms with Crippen molar-refractivity contribution in [2.24, 2.45) is 5.92 Å². The van der Waals surface area contributed by atoms with Gasteiger partial charge < -0.3 is 20.1 Å². The molecule has 3 rings (SSSR count). The fourth-order valence-corrected chi connectivity index (χ4v) is 4.03. The summed E-state index contributed by atoms with van der Waals surface area (Å²) in [6.45, 7) is 5.32. The second-order valence-electron chi connectivity index (χ2n) is 8.30. The molecular formula is C25H30N2O5. The number of likely N-dealkylation sites (N-methyl/N-ethyl adjacent to an activating group) is 1. The Hall–Kier alpha value is -3.35. The standard InChI is InChI=1S/C25H30N2O5/c1-5-15(2)22(23(28)27(4)16(3)24(29)30)26-25(31)32-14-21-19-12-8-6-10-17(19)18-11-7-9-13-20(18)21/h6-13,15-16,21-22H,5,14H2,1-4H3,(H,26,31)(H,29,30)/t15-,16?,22-/m0/s1. The Labute approximate surface area is 188 Å². The first-order chi connectivity index (χ1) is 15.3. The molecule has 0 aromatic heterocycles. The third-order valence-corrected chi connectivity index (χ3v) is 6.38. The zero-order valence-corrected chi connectivity index (χ0v) is 18.9. The maximum absolute atomic E-state index is 12.9. The molecule has 3 atom stereocenters. The second-order valence-corrected chi connectivity index (χ2v) is 8.30. The Bertz CT molecular complexity index is 960. The maximum atomic E-state index is 12.9. The van der Waals surface area contributed by atoms with E-state index in [-0.39, 0.29) is 18.4 Å². The molecule has 0 saturated carbocycles. The predicted molar refractivity (Wildman–Crippen MR) is 121 cm³/mol. The second kappa shape index (κ2) is 9.85. The number of rotatable bonds is 8. The van der Waals surface area contributed by atoms with Gasteiger partial charge in [0, 0.05) is 13.0 Å². The lowest BCUT2D eigenvalue weighted by atomic mass is 9.97. The highest BCUT2D eigenvalue weighted by Gasteiger charge is 2.34. The number of amides is 2. The molecule has 1 aliphatic rings. The van der Waals surface area contributed by atoms with Gasteiger partial charge in [-0.25, -0.2) is 9.59 Å². The molecule has 2 aromatic carbocycles. The van der Waals surface area contributed by atoms with Crippen molar-refractivity contribution in [1.82, 2.24) is 10.2 Å². The lowest BCUT2D eigenvalue weighted by Crippen LogP contribution is -2.54. The number of benzene rings is 2. The van der Waals surface area contributed by atoms with Crippen LogP contribution >= 0.6 is 0 Å². The van der Waals surface area contributed by atoms with Gasteiger partial charge in [-0.15, -0.1) is 0 Å². The summed E-state index contributed by atoms with van der Waals surface area (Å²) in [5.41, 5.74) is 4.47. The van der Waals surface area contributed by atoms with E-state index in [0.29, 0.717) is 6.42 Å².